The number of anilines is 1. The fraction of sp³-hybridized carbons (Fsp3) is 0.208. The number of hydrogen-bond acceptors (Lipinski definition) is 3. The first-order chi connectivity index (χ1) is 13.8. The van der Waals surface area contributed by atoms with Gasteiger partial charge in [0.1, 0.15) is 0 Å². The number of nitrogens with one attached hydrogen (secondary N) is 1. The van der Waals surface area contributed by atoms with Crippen LogP contribution in [0.25, 0.3) is 16.8 Å². The maximum absolute atomic E-state index is 12.9. The molecule has 1 amide bonds. The van der Waals surface area contributed by atoms with E-state index in [0.717, 1.165) is 39.4 Å². The first-order valence-corrected chi connectivity index (χ1v) is 9.65. The topological polar surface area (TPSA) is 59.3 Å². The van der Waals surface area contributed by atoms with Crippen molar-refractivity contribution in [1.29, 1.82) is 0 Å². The Morgan fingerprint density at radius 3 is 2.48 bits per heavy atom. The van der Waals surface area contributed by atoms with Crippen molar-refractivity contribution in [1.82, 2.24) is 14.6 Å². The summed E-state index contributed by atoms with van der Waals surface area (Å²) in [6.07, 6.45) is 1.64. The third kappa shape index (κ3) is 3.40. The van der Waals surface area contributed by atoms with Crippen LogP contribution < -0.4 is 5.32 Å². The average molecular weight is 384 g/mol. The molecule has 29 heavy (non-hydrogen) atoms. The highest BCUT2D eigenvalue weighted by Crippen LogP contribution is 2.29. The van der Waals surface area contributed by atoms with E-state index in [1.54, 1.807) is 10.7 Å². The zero-order valence-electron chi connectivity index (χ0n) is 17.4. The van der Waals surface area contributed by atoms with Gasteiger partial charge in [0.15, 0.2) is 5.65 Å². The van der Waals surface area contributed by atoms with Crippen LogP contribution in [0.4, 0.5) is 5.69 Å². The van der Waals surface area contributed by atoms with Gasteiger partial charge in [0, 0.05) is 17.4 Å². The van der Waals surface area contributed by atoms with Gasteiger partial charge in [-0.3, -0.25) is 4.79 Å². The van der Waals surface area contributed by atoms with Gasteiger partial charge < -0.3 is 5.32 Å². The van der Waals surface area contributed by atoms with Crippen molar-refractivity contribution in [2.45, 2.75) is 34.6 Å². The molecule has 2 heterocycles. The molecule has 0 fully saturated rings. The first kappa shape index (κ1) is 18.9. The van der Waals surface area contributed by atoms with Crippen LogP contribution in [0, 0.1) is 34.6 Å². The summed E-state index contributed by atoms with van der Waals surface area (Å²) in [5.74, 6) is -0.189. The summed E-state index contributed by atoms with van der Waals surface area (Å²) in [6.45, 7) is 10.0. The Balaban J connectivity index is 1.75. The molecule has 0 aliphatic heterocycles. The van der Waals surface area contributed by atoms with E-state index in [0.29, 0.717) is 5.56 Å². The second-order valence-corrected chi connectivity index (χ2v) is 7.58. The molecule has 2 aromatic heterocycles. The van der Waals surface area contributed by atoms with Crippen molar-refractivity contribution < 1.29 is 4.79 Å². The van der Waals surface area contributed by atoms with Crippen LogP contribution in [0.3, 0.4) is 0 Å². The van der Waals surface area contributed by atoms with Gasteiger partial charge in [-0.2, -0.15) is 5.10 Å². The minimum atomic E-state index is -0.189. The van der Waals surface area contributed by atoms with E-state index in [1.165, 1.54) is 11.1 Å². The van der Waals surface area contributed by atoms with E-state index in [4.69, 9.17) is 0 Å². The molecular formula is C24H24N4O. The minimum absolute atomic E-state index is 0.189. The number of hydrogen-bond donors (Lipinski definition) is 1. The lowest BCUT2D eigenvalue weighted by molar-refractivity contribution is 0.102. The van der Waals surface area contributed by atoms with E-state index in [2.05, 4.69) is 47.4 Å². The van der Waals surface area contributed by atoms with Crippen LogP contribution in [-0.4, -0.2) is 20.5 Å². The van der Waals surface area contributed by atoms with Crippen LogP contribution >= 0.6 is 0 Å². The normalized spacial score (nSPS) is 11.1. The zero-order valence-corrected chi connectivity index (χ0v) is 17.4. The molecule has 0 atom stereocenters. The van der Waals surface area contributed by atoms with Gasteiger partial charge in [-0.25, -0.2) is 9.50 Å². The lowest BCUT2D eigenvalue weighted by Gasteiger charge is -2.10. The Morgan fingerprint density at radius 2 is 1.76 bits per heavy atom. The highest BCUT2D eigenvalue weighted by molar-refractivity contribution is 6.05. The minimum Gasteiger partial charge on any atom is -0.322 e. The summed E-state index contributed by atoms with van der Waals surface area (Å²) >= 11 is 0. The van der Waals surface area contributed by atoms with Gasteiger partial charge in [0.05, 0.1) is 17.0 Å². The fourth-order valence-electron chi connectivity index (χ4n) is 3.58. The second-order valence-electron chi connectivity index (χ2n) is 7.58. The van der Waals surface area contributed by atoms with E-state index in [-0.39, 0.29) is 5.91 Å². The maximum Gasteiger partial charge on any atom is 0.259 e. The average Bonchev–Trinajstić information content (AvgIpc) is 3.02. The summed E-state index contributed by atoms with van der Waals surface area (Å²) in [7, 11) is 0. The van der Waals surface area contributed by atoms with Crippen molar-refractivity contribution in [3.63, 3.8) is 0 Å². The Morgan fingerprint density at radius 1 is 0.966 bits per heavy atom. The first-order valence-electron chi connectivity index (χ1n) is 9.65. The van der Waals surface area contributed by atoms with Crippen LogP contribution in [0.15, 0.2) is 48.7 Å². The highest BCUT2D eigenvalue weighted by atomic mass is 16.1. The van der Waals surface area contributed by atoms with Crippen molar-refractivity contribution in [2.75, 3.05) is 5.32 Å². The third-order valence-corrected chi connectivity index (χ3v) is 5.38. The number of carbonyl (C=O) groups excluding carboxylic acids is 1. The van der Waals surface area contributed by atoms with Crippen molar-refractivity contribution in [3.8, 4) is 11.1 Å². The van der Waals surface area contributed by atoms with Gasteiger partial charge in [-0.15, -0.1) is 0 Å². The largest absolute Gasteiger partial charge is 0.322 e. The number of fused-ring (bicyclic) bond motifs is 1. The number of aryl methyl sites for hydroxylation is 5. The molecule has 1 N–H and O–H groups in total. The third-order valence-electron chi connectivity index (χ3n) is 5.38. The number of rotatable bonds is 3. The highest BCUT2D eigenvalue weighted by Gasteiger charge is 2.19. The molecule has 146 valence electrons. The van der Waals surface area contributed by atoms with Crippen molar-refractivity contribution in [2.24, 2.45) is 0 Å². The zero-order chi connectivity index (χ0) is 20.7. The molecule has 0 aliphatic carbocycles. The maximum atomic E-state index is 12.9. The van der Waals surface area contributed by atoms with E-state index in [1.807, 2.05) is 45.0 Å². The molecule has 0 unspecified atom stereocenters. The van der Waals surface area contributed by atoms with Crippen molar-refractivity contribution >= 4 is 17.2 Å². The summed E-state index contributed by atoms with van der Waals surface area (Å²) in [4.78, 5) is 17.5. The van der Waals surface area contributed by atoms with Gasteiger partial charge in [0.25, 0.3) is 5.91 Å². The second kappa shape index (κ2) is 7.17. The molecule has 0 saturated carbocycles. The lowest BCUT2D eigenvalue weighted by Crippen LogP contribution is -2.16. The van der Waals surface area contributed by atoms with E-state index >= 15 is 0 Å². The predicted octanol–water partition coefficient (Wildman–Crippen LogP) is 5.19. The molecule has 0 aliphatic rings. The quantitative estimate of drug-likeness (QED) is 0.529. The summed E-state index contributed by atoms with van der Waals surface area (Å²) in [6, 6.07) is 14.2. The predicted molar refractivity (Wildman–Crippen MR) is 117 cm³/mol. The summed E-state index contributed by atoms with van der Waals surface area (Å²) in [5, 5.41) is 7.64. The summed E-state index contributed by atoms with van der Waals surface area (Å²) < 4.78 is 1.77. The van der Waals surface area contributed by atoms with Crippen LogP contribution in [0.2, 0.25) is 0 Å². The standard InChI is InChI=1S/C24H24N4O/c1-14-7-6-8-19(11-14)22-17(4)27-28-18(5)21(13-25-23(22)28)24(29)26-20-10-9-15(2)16(3)12-20/h6-13H,1-5H3,(H,26,29). The summed E-state index contributed by atoms with van der Waals surface area (Å²) in [5.41, 5.74) is 9.28. The van der Waals surface area contributed by atoms with Crippen LogP contribution in [0.1, 0.15) is 38.4 Å². The molecule has 2 aromatic carbocycles. The lowest BCUT2D eigenvalue weighted by atomic mass is 10.0. The Bertz CT molecular complexity index is 1250. The molecule has 5 heteroatoms. The Kier molecular flexibility index (Phi) is 4.66. The number of aromatic nitrogens is 3. The van der Waals surface area contributed by atoms with E-state index < -0.39 is 0 Å². The van der Waals surface area contributed by atoms with Crippen LogP contribution in [0.5, 0.6) is 0 Å². The smallest absolute Gasteiger partial charge is 0.259 e. The molecule has 0 radical (unpaired) electrons. The van der Waals surface area contributed by atoms with Gasteiger partial charge in [-0.1, -0.05) is 35.9 Å². The van der Waals surface area contributed by atoms with Gasteiger partial charge in [-0.05, 0) is 63.4 Å². The molecule has 0 saturated heterocycles. The number of benzene rings is 2. The molecule has 5 nitrogen and oxygen atoms in total. The van der Waals surface area contributed by atoms with Crippen molar-refractivity contribution in [3.05, 3.63) is 82.3 Å². The fourth-order valence-corrected chi connectivity index (χ4v) is 3.58. The number of amides is 1. The number of nitrogens with zero attached hydrogens (tertiary/aromatic N) is 3. The molecular weight excluding hydrogens is 360 g/mol. The van der Waals surface area contributed by atoms with Gasteiger partial charge >= 0.3 is 0 Å². The van der Waals surface area contributed by atoms with Crippen LogP contribution in [-0.2, 0) is 0 Å². The SMILES string of the molecule is Cc1cccc(-c2c(C)nn3c(C)c(C(=O)Nc4ccc(C)c(C)c4)cnc23)c1. The molecule has 0 spiro atoms. The van der Waals surface area contributed by atoms with Gasteiger partial charge in [0.2, 0.25) is 0 Å². The molecule has 4 aromatic rings. The van der Waals surface area contributed by atoms with E-state index in [9.17, 15) is 4.79 Å². The Hall–Kier alpha value is -3.47. The molecule has 0 bridgehead atoms. The Labute approximate surface area is 170 Å². The molecule has 4 rings (SSSR count). The monoisotopic (exact) mass is 384 g/mol. The number of carbonyl (C=O) groups is 1.